The number of carbonyl (C=O) groups excluding carboxylic acids is 1. The average Bonchev–Trinajstić information content (AvgIpc) is 2.51. The normalized spacial score (nSPS) is 10.5. The zero-order valence-electron chi connectivity index (χ0n) is 13.1. The Hall–Kier alpha value is -2.50. The van der Waals surface area contributed by atoms with E-state index in [1.807, 2.05) is 26.0 Å². The van der Waals surface area contributed by atoms with E-state index < -0.39 is 0 Å². The van der Waals surface area contributed by atoms with E-state index in [0.29, 0.717) is 36.3 Å². The SMILES string of the molecule is Cc1nc(NCc2cccnc2)cc(C(=O)NCC(C)C)n1. The van der Waals surface area contributed by atoms with Crippen LogP contribution in [0.1, 0.15) is 35.7 Å². The van der Waals surface area contributed by atoms with Crippen LogP contribution in [-0.2, 0) is 6.54 Å². The molecule has 0 unspecified atom stereocenters. The van der Waals surface area contributed by atoms with Gasteiger partial charge in [0.2, 0.25) is 0 Å². The van der Waals surface area contributed by atoms with E-state index >= 15 is 0 Å². The molecule has 0 saturated heterocycles. The van der Waals surface area contributed by atoms with Crippen molar-refractivity contribution in [2.24, 2.45) is 5.92 Å². The molecule has 6 heteroatoms. The highest BCUT2D eigenvalue weighted by Crippen LogP contribution is 2.09. The first-order valence-electron chi connectivity index (χ1n) is 7.31. The maximum Gasteiger partial charge on any atom is 0.270 e. The summed E-state index contributed by atoms with van der Waals surface area (Å²) in [5.74, 6) is 1.41. The molecule has 2 aromatic rings. The van der Waals surface area contributed by atoms with Crippen LogP contribution in [0.5, 0.6) is 0 Å². The largest absolute Gasteiger partial charge is 0.366 e. The number of amides is 1. The molecule has 0 bridgehead atoms. The Bertz CT molecular complexity index is 628. The summed E-state index contributed by atoms with van der Waals surface area (Å²) < 4.78 is 0. The Labute approximate surface area is 130 Å². The fourth-order valence-corrected chi connectivity index (χ4v) is 1.86. The molecule has 1 amide bonds. The minimum Gasteiger partial charge on any atom is -0.366 e. The highest BCUT2D eigenvalue weighted by Gasteiger charge is 2.10. The summed E-state index contributed by atoms with van der Waals surface area (Å²) in [6, 6.07) is 5.52. The van der Waals surface area contributed by atoms with Crippen molar-refractivity contribution in [2.45, 2.75) is 27.3 Å². The molecule has 0 spiro atoms. The van der Waals surface area contributed by atoms with Gasteiger partial charge in [0.1, 0.15) is 17.3 Å². The quantitative estimate of drug-likeness (QED) is 0.854. The van der Waals surface area contributed by atoms with Crippen LogP contribution in [0.2, 0.25) is 0 Å². The number of rotatable bonds is 6. The highest BCUT2D eigenvalue weighted by atomic mass is 16.1. The van der Waals surface area contributed by atoms with Crippen LogP contribution in [0.25, 0.3) is 0 Å². The van der Waals surface area contributed by atoms with Crippen LogP contribution in [0.3, 0.4) is 0 Å². The lowest BCUT2D eigenvalue weighted by molar-refractivity contribution is 0.0943. The second-order valence-corrected chi connectivity index (χ2v) is 5.50. The van der Waals surface area contributed by atoms with Gasteiger partial charge in [-0.1, -0.05) is 19.9 Å². The predicted octanol–water partition coefficient (Wildman–Crippen LogP) is 2.18. The van der Waals surface area contributed by atoms with Crippen molar-refractivity contribution in [3.05, 3.63) is 47.7 Å². The van der Waals surface area contributed by atoms with Crippen molar-refractivity contribution in [3.8, 4) is 0 Å². The molecule has 2 heterocycles. The van der Waals surface area contributed by atoms with Gasteiger partial charge in [-0.2, -0.15) is 0 Å². The third kappa shape index (κ3) is 4.80. The summed E-state index contributed by atoms with van der Waals surface area (Å²) in [5.41, 5.74) is 1.42. The molecule has 0 radical (unpaired) electrons. The van der Waals surface area contributed by atoms with Crippen molar-refractivity contribution in [1.82, 2.24) is 20.3 Å². The van der Waals surface area contributed by atoms with Crippen LogP contribution < -0.4 is 10.6 Å². The molecular formula is C16H21N5O. The average molecular weight is 299 g/mol. The van der Waals surface area contributed by atoms with E-state index in [2.05, 4.69) is 25.6 Å². The first-order chi connectivity index (χ1) is 10.5. The zero-order valence-corrected chi connectivity index (χ0v) is 13.1. The minimum absolute atomic E-state index is 0.177. The topological polar surface area (TPSA) is 79.8 Å². The van der Waals surface area contributed by atoms with E-state index in [1.54, 1.807) is 25.4 Å². The Balaban J connectivity index is 2.04. The van der Waals surface area contributed by atoms with Gasteiger partial charge < -0.3 is 10.6 Å². The summed E-state index contributed by atoms with van der Waals surface area (Å²) >= 11 is 0. The van der Waals surface area contributed by atoms with Crippen molar-refractivity contribution in [3.63, 3.8) is 0 Å². The molecule has 0 saturated carbocycles. The summed E-state index contributed by atoms with van der Waals surface area (Å²) in [4.78, 5) is 24.6. The Morgan fingerprint density at radius 2 is 2.14 bits per heavy atom. The minimum atomic E-state index is -0.177. The molecule has 6 nitrogen and oxygen atoms in total. The van der Waals surface area contributed by atoms with E-state index in [0.717, 1.165) is 5.56 Å². The zero-order chi connectivity index (χ0) is 15.9. The number of hydrogen-bond acceptors (Lipinski definition) is 5. The Morgan fingerprint density at radius 3 is 2.82 bits per heavy atom. The van der Waals surface area contributed by atoms with Gasteiger partial charge in [0.05, 0.1) is 0 Å². The van der Waals surface area contributed by atoms with Crippen molar-refractivity contribution in [2.75, 3.05) is 11.9 Å². The van der Waals surface area contributed by atoms with E-state index in [9.17, 15) is 4.79 Å². The molecule has 2 aromatic heterocycles. The van der Waals surface area contributed by atoms with E-state index in [-0.39, 0.29) is 5.91 Å². The second-order valence-electron chi connectivity index (χ2n) is 5.50. The van der Waals surface area contributed by atoms with Gasteiger partial charge >= 0.3 is 0 Å². The molecule has 0 aliphatic heterocycles. The van der Waals surface area contributed by atoms with Crippen LogP contribution >= 0.6 is 0 Å². The lowest BCUT2D eigenvalue weighted by Crippen LogP contribution is -2.28. The standard InChI is InChI=1S/C16H21N5O/c1-11(2)8-19-16(22)14-7-15(21-12(3)20-14)18-10-13-5-4-6-17-9-13/h4-7,9,11H,8,10H2,1-3H3,(H,19,22)(H,18,20,21). The maximum atomic E-state index is 12.1. The van der Waals surface area contributed by atoms with Gasteiger partial charge in [-0.15, -0.1) is 0 Å². The van der Waals surface area contributed by atoms with Crippen molar-refractivity contribution >= 4 is 11.7 Å². The first kappa shape index (κ1) is 15.9. The summed E-state index contributed by atoms with van der Waals surface area (Å²) in [6.07, 6.45) is 3.52. The fourth-order valence-electron chi connectivity index (χ4n) is 1.86. The third-order valence-electron chi connectivity index (χ3n) is 2.94. The third-order valence-corrected chi connectivity index (χ3v) is 2.94. The molecule has 0 fully saturated rings. The van der Waals surface area contributed by atoms with Gasteiger partial charge in [0.25, 0.3) is 5.91 Å². The number of anilines is 1. The highest BCUT2D eigenvalue weighted by molar-refractivity contribution is 5.92. The number of nitrogens with one attached hydrogen (secondary N) is 2. The smallest absolute Gasteiger partial charge is 0.270 e. The number of pyridine rings is 1. The Kier molecular flexibility index (Phi) is 5.41. The monoisotopic (exact) mass is 299 g/mol. The van der Waals surface area contributed by atoms with E-state index in [4.69, 9.17) is 0 Å². The molecule has 2 N–H and O–H groups in total. The van der Waals surface area contributed by atoms with Gasteiger partial charge in [-0.3, -0.25) is 9.78 Å². The maximum absolute atomic E-state index is 12.1. The van der Waals surface area contributed by atoms with Crippen molar-refractivity contribution < 1.29 is 4.79 Å². The molecule has 2 rings (SSSR count). The number of nitrogens with zero attached hydrogens (tertiary/aromatic N) is 3. The van der Waals surface area contributed by atoms with Gasteiger partial charge in [0, 0.05) is 31.5 Å². The van der Waals surface area contributed by atoms with Gasteiger partial charge in [-0.25, -0.2) is 9.97 Å². The van der Waals surface area contributed by atoms with Crippen LogP contribution in [0.15, 0.2) is 30.6 Å². The van der Waals surface area contributed by atoms with Crippen LogP contribution in [-0.4, -0.2) is 27.4 Å². The molecule has 116 valence electrons. The summed E-state index contributed by atoms with van der Waals surface area (Å²) in [5, 5.41) is 6.05. The first-order valence-corrected chi connectivity index (χ1v) is 7.31. The van der Waals surface area contributed by atoms with Gasteiger partial charge in [0.15, 0.2) is 0 Å². The number of aryl methyl sites for hydroxylation is 1. The lowest BCUT2D eigenvalue weighted by Gasteiger charge is -2.10. The van der Waals surface area contributed by atoms with Crippen LogP contribution in [0.4, 0.5) is 5.82 Å². The summed E-state index contributed by atoms with van der Waals surface area (Å²) in [7, 11) is 0. The number of hydrogen-bond donors (Lipinski definition) is 2. The van der Waals surface area contributed by atoms with Crippen LogP contribution in [0, 0.1) is 12.8 Å². The molecule has 0 aliphatic rings. The number of carbonyl (C=O) groups is 1. The molecular weight excluding hydrogens is 278 g/mol. The van der Waals surface area contributed by atoms with Crippen molar-refractivity contribution in [1.29, 1.82) is 0 Å². The molecule has 0 aliphatic carbocycles. The van der Waals surface area contributed by atoms with Gasteiger partial charge in [-0.05, 0) is 24.5 Å². The van der Waals surface area contributed by atoms with E-state index in [1.165, 1.54) is 0 Å². The molecule has 0 aromatic carbocycles. The lowest BCUT2D eigenvalue weighted by atomic mass is 10.2. The predicted molar refractivity (Wildman–Crippen MR) is 85.5 cm³/mol. The molecule has 0 atom stereocenters. The Morgan fingerprint density at radius 1 is 1.32 bits per heavy atom. The fraction of sp³-hybridized carbons (Fsp3) is 0.375. The molecule has 22 heavy (non-hydrogen) atoms. The number of aromatic nitrogens is 3. The second kappa shape index (κ2) is 7.49. The summed E-state index contributed by atoms with van der Waals surface area (Å²) in [6.45, 7) is 7.09.